The molecule has 172 valence electrons. The van der Waals surface area contributed by atoms with Crippen molar-refractivity contribution in [2.24, 2.45) is 7.05 Å². The van der Waals surface area contributed by atoms with Crippen LogP contribution in [0.4, 0.5) is 0 Å². The molecule has 2 heterocycles. The van der Waals surface area contributed by atoms with E-state index < -0.39 is 0 Å². The summed E-state index contributed by atoms with van der Waals surface area (Å²) in [5.41, 5.74) is 4.17. The highest BCUT2D eigenvalue weighted by molar-refractivity contribution is 6.32. The van der Waals surface area contributed by atoms with Gasteiger partial charge in [0.2, 0.25) is 0 Å². The molecule has 7 nitrogen and oxygen atoms in total. The number of hydrogen-bond donors (Lipinski definition) is 0. The summed E-state index contributed by atoms with van der Waals surface area (Å²) < 4.78 is 8.00. The van der Waals surface area contributed by atoms with Gasteiger partial charge in [0, 0.05) is 48.1 Å². The highest BCUT2D eigenvalue weighted by Crippen LogP contribution is 2.44. The number of rotatable bonds is 6. The zero-order chi connectivity index (χ0) is 24.1. The molecule has 2 amide bonds. The first kappa shape index (κ1) is 21.9. The number of para-hydroxylation sites is 2. The summed E-state index contributed by atoms with van der Waals surface area (Å²) in [5, 5.41) is 1.46. The molecular weight excluding hydrogens is 430 g/mol. The summed E-state index contributed by atoms with van der Waals surface area (Å²) >= 11 is 0. The number of likely N-dealkylation sites (N-methyl/N-ethyl adjacent to an activating group) is 1. The molecule has 3 aromatic carbocycles. The van der Waals surface area contributed by atoms with Gasteiger partial charge >= 0.3 is 0 Å². The van der Waals surface area contributed by atoms with Gasteiger partial charge in [0.1, 0.15) is 12.4 Å². The van der Waals surface area contributed by atoms with Crippen LogP contribution >= 0.6 is 0 Å². The molecule has 0 saturated heterocycles. The van der Waals surface area contributed by atoms with E-state index in [0.717, 1.165) is 39.7 Å². The van der Waals surface area contributed by atoms with Crippen LogP contribution in [0.25, 0.3) is 32.9 Å². The van der Waals surface area contributed by atoms with Crippen molar-refractivity contribution < 1.29 is 19.1 Å². The number of aromatic nitrogens is 1. The maximum absolute atomic E-state index is 13.3. The number of aldehydes is 1. The first-order valence-electron chi connectivity index (χ1n) is 11.1. The fourth-order valence-corrected chi connectivity index (χ4v) is 4.79. The number of imide groups is 1. The predicted molar refractivity (Wildman–Crippen MR) is 132 cm³/mol. The van der Waals surface area contributed by atoms with E-state index in [9.17, 15) is 14.4 Å². The van der Waals surface area contributed by atoms with Crippen LogP contribution in [0.15, 0.2) is 48.5 Å². The maximum atomic E-state index is 13.3. The lowest BCUT2D eigenvalue weighted by molar-refractivity contribution is 0.0693. The van der Waals surface area contributed by atoms with Crippen LogP contribution in [0.1, 0.15) is 31.1 Å². The molecule has 0 N–H and O–H groups in total. The van der Waals surface area contributed by atoms with Crippen LogP contribution in [-0.4, -0.2) is 66.8 Å². The van der Waals surface area contributed by atoms with Gasteiger partial charge in [0.25, 0.3) is 11.8 Å². The Bertz CT molecular complexity index is 1500. The molecule has 0 aliphatic carbocycles. The summed E-state index contributed by atoms with van der Waals surface area (Å²) in [5.74, 6) is -0.0431. The molecule has 1 aromatic heterocycles. The average molecular weight is 456 g/mol. The van der Waals surface area contributed by atoms with Crippen molar-refractivity contribution in [2.45, 2.75) is 0 Å². The Morgan fingerprint density at radius 1 is 0.941 bits per heavy atom. The number of carbonyl (C=O) groups excluding carboxylic acids is 3. The van der Waals surface area contributed by atoms with Gasteiger partial charge in [0.05, 0.1) is 22.2 Å². The van der Waals surface area contributed by atoms with Crippen LogP contribution in [0.3, 0.4) is 0 Å². The minimum Gasteiger partial charge on any atom is -0.492 e. The Hall–Kier alpha value is -3.97. The van der Waals surface area contributed by atoms with Crippen LogP contribution in [0.2, 0.25) is 0 Å². The third-order valence-electron chi connectivity index (χ3n) is 6.48. The van der Waals surface area contributed by atoms with E-state index in [4.69, 9.17) is 4.74 Å². The molecule has 7 heteroatoms. The zero-order valence-electron chi connectivity index (χ0n) is 19.6. The third-order valence-corrected chi connectivity index (χ3v) is 6.48. The Morgan fingerprint density at radius 3 is 2.41 bits per heavy atom. The lowest BCUT2D eigenvalue weighted by Crippen LogP contribution is -2.24. The summed E-state index contributed by atoms with van der Waals surface area (Å²) in [7, 11) is 7.33. The van der Waals surface area contributed by atoms with Gasteiger partial charge in [-0.3, -0.25) is 19.3 Å². The minimum atomic E-state index is -0.345. The number of aryl methyl sites for hydroxylation is 1. The smallest absolute Gasteiger partial charge is 0.262 e. The highest BCUT2D eigenvalue weighted by Gasteiger charge is 2.39. The molecule has 4 aromatic rings. The van der Waals surface area contributed by atoms with E-state index in [2.05, 4.69) is 0 Å². The first-order valence-corrected chi connectivity index (χ1v) is 11.1. The Labute approximate surface area is 197 Å². The van der Waals surface area contributed by atoms with Gasteiger partial charge < -0.3 is 14.2 Å². The van der Waals surface area contributed by atoms with Gasteiger partial charge in [0.15, 0.2) is 6.29 Å². The number of nitrogens with zero attached hydrogens (tertiary/aromatic N) is 3. The van der Waals surface area contributed by atoms with Crippen LogP contribution in [0.5, 0.6) is 5.75 Å². The SMILES string of the molecule is CN(C)CCOc1ccccc1-c1cc2c(c3c1C(=O)N(C)C3=O)c1cccc(C=O)c1n2C. The molecule has 0 fully saturated rings. The topological polar surface area (TPSA) is 71.8 Å². The number of carbonyl (C=O) groups is 3. The van der Waals surface area contributed by atoms with E-state index in [1.54, 1.807) is 12.1 Å². The van der Waals surface area contributed by atoms with Crippen molar-refractivity contribution in [3.05, 3.63) is 65.2 Å². The second-order valence-corrected chi connectivity index (χ2v) is 8.81. The Kier molecular flexibility index (Phi) is 5.21. The van der Waals surface area contributed by atoms with Gasteiger partial charge in [-0.2, -0.15) is 0 Å². The summed E-state index contributed by atoms with van der Waals surface area (Å²) in [6.07, 6.45) is 0.815. The van der Waals surface area contributed by atoms with Crippen LogP contribution in [0, 0.1) is 0 Å². The molecule has 34 heavy (non-hydrogen) atoms. The molecule has 0 saturated carbocycles. The number of amides is 2. The monoisotopic (exact) mass is 455 g/mol. The lowest BCUT2D eigenvalue weighted by Gasteiger charge is -2.16. The molecule has 0 atom stereocenters. The molecule has 1 aliphatic heterocycles. The normalized spacial score (nSPS) is 13.4. The summed E-state index contributed by atoms with van der Waals surface area (Å²) in [6, 6.07) is 14.9. The number of fused-ring (bicyclic) bond motifs is 5. The maximum Gasteiger partial charge on any atom is 0.262 e. The van der Waals surface area contributed by atoms with E-state index in [1.165, 1.54) is 7.05 Å². The molecular formula is C27H25N3O4. The van der Waals surface area contributed by atoms with Crippen LogP contribution < -0.4 is 4.74 Å². The first-order chi connectivity index (χ1) is 16.3. The van der Waals surface area contributed by atoms with E-state index in [0.29, 0.717) is 40.0 Å². The fourth-order valence-electron chi connectivity index (χ4n) is 4.79. The minimum absolute atomic E-state index is 0.344. The molecule has 0 unspecified atom stereocenters. The lowest BCUT2D eigenvalue weighted by atomic mass is 9.92. The van der Waals surface area contributed by atoms with Crippen molar-refractivity contribution >= 4 is 39.9 Å². The Morgan fingerprint density at radius 2 is 1.68 bits per heavy atom. The van der Waals surface area contributed by atoms with E-state index >= 15 is 0 Å². The quantitative estimate of drug-likeness (QED) is 0.325. The van der Waals surface area contributed by atoms with Gasteiger partial charge in [-0.1, -0.05) is 30.3 Å². The van der Waals surface area contributed by atoms with Gasteiger partial charge in [-0.25, -0.2) is 0 Å². The van der Waals surface area contributed by atoms with Crippen molar-refractivity contribution in [3.63, 3.8) is 0 Å². The largest absolute Gasteiger partial charge is 0.492 e. The molecule has 0 bridgehead atoms. The van der Waals surface area contributed by atoms with E-state index in [1.807, 2.05) is 67.0 Å². The predicted octanol–water partition coefficient (Wildman–Crippen LogP) is 3.98. The molecule has 0 radical (unpaired) electrons. The van der Waals surface area contributed by atoms with Crippen molar-refractivity contribution in [1.82, 2.24) is 14.4 Å². The second-order valence-electron chi connectivity index (χ2n) is 8.81. The van der Waals surface area contributed by atoms with Gasteiger partial charge in [-0.15, -0.1) is 0 Å². The van der Waals surface area contributed by atoms with Crippen molar-refractivity contribution in [1.29, 1.82) is 0 Å². The van der Waals surface area contributed by atoms with Crippen LogP contribution in [-0.2, 0) is 7.05 Å². The third kappa shape index (κ3) is 3.12. The van der Waals surface area contributed by atoms with E-state index in [-0.39, 0.29) is 11.8 Å². The highest BCUT2D eigenvalue weighted by atomic mass is 16.5. The average Bonchev–Trinajstić information content (AvgIpc) is 3.25. The summed E-state index contributed by atoms with van der Waals surface area (Å²) in [6.45, 7) is 1.22. The Balaban J connectivity index is 1.85. The second kappa shape index (κ2) is 8.11. The number of ether oxygens (including phenoxy) is 1. The fraction of sp³-hybridized carbons (Fsp3) is 0.222. The van der Waals surface area contributed by atoms with Crippen molar-refractivity contribution in [2.75, 3.05) is 34.3 Å². The summed E-state index contributed by atoms with van der Waals surface area (Å²) in [4.78, 5) is 41.6. The number of benzene rings is 3. The molecule has 1 aliphatic rings. The molecule has 0 spiro atoms. The number of hydrogen-bond acceptors (Lipinski definition) is 5. The molecule has 5 rings (SSSR count). The standard InChI is InChI=1S/C27H25N3O4/c1-28(2)12-13-34-21-11-6-5-9-17(21)19-14-20-22(24-23(19)26(32)30(4)27(24)33)18-10-7-8-16(15-31)25(18)29(20)3/h5-11,14-15H,12-13H2,1-4H3. The zero-order valence-corrected chi connectivity index (χ0v) is 19.6. The van der Waals surface area contributed by atoms with Crippen molar-refractivity contribution in [3.8, 4) is 16.9 Å². The van der Waals surface area contributed by atoms with Gasteiger partial charge in [-0.05, 0) is 32.3 Å².